The summed E-state index contributed by atoms with van der Waals surface area (Å²) in [7, 11) is 0. The Morgan fingerprint density at radius 3 is 2.82 bits per heavy atom. The predicted octanol–water partition coefficient (Wildman–Crippen LogP) is 4.50. The van der Waals surface area contributed by atoms with E-state index in [1.54, 1.807) is 0 Å². The Bertz CT molecular complexity index is 344. The first-order valence-corrected chi connectivity index (χ1v) is 6.60. The minimum absolute atomic E-state index is 0.296. The average molecular weight is 259 g/mol. The summed E-state index contributed by atoms with van der Waals surface area (Å²) in [5.41, 5.74) is 0. The van der Waals surface area contributed by atoms with Gasteiger partial charge in [-0.05, 0) is 18.4 Å². The van der Waals surface area contributed by atoms with Gasteiger partial charge in [-0.1, -0.05) is 44.7 Å². The molecule has 0 aliphatic rings. The minimum Gasteiger partial charge on any atom is -0.367 e. The monoisotopic (exact) mass is 258 g/mol. The van der Waals surface area contributed by atoms with Gasteiger partial charge in [-0.15, -0.1) is 0 Å². The maximum absolute atomic E-state index is 13.4. The first-order chi connectivity index (χ1) is 8.17. The van der Waals surface area contributed by atoms with Crippen LogP contribution >= 0.6 is 11.6 Å². The number of rotatable bonds is 7. The van der Waals surface area contributed by atoms with E-state index >= 15 is 0 Å². The van der Waals surface area contributed by atoms with E-state index in [2.05, 4.69) is 24.1 Å². The van der Waals surface area contributed by atoms with Gasteiger partial charge in [0.15, 0.2) is 11.6 Å². The lowest BCUT2D eigenvalue weighted by atomic mass is 9.99. The van der Waals surface area contributed by atoms with Gasteiger partial charge in [0.1, 0.15) is 0 Å². The molecule has 17 heavy (non-hydrogen) atoms. The molecule has 1 rings (SSSR count). The van der Waals surface area contributed by atoms with E-state index in [1.807, 2.05) is 0 Å². The molecule has 0 amide bonds. The molecule has 0 saturated heterocycles. The molecular weight excluding hydrogens is 239 g/mol. The molecule has 0 bridgehead atoms. The molecule has 0 radical (unpaired) electrons. The summed E-state index contributed by atoms with van der Waals surface area (Å²) in [6.45, 7) is 5.11. The van der Waals surface area contributed by atoms with E-state index in [9.17, 15) is 4.39 Å². The highest BCUT2D eigenvalue weighted by atomic mass is 35.5. The van der Waals surface area contributed by atoms with Crippen LogP contribution in [0.5, 0.6) is 0 Å². The zero-order valence-electron chi connectivity index (χ0n) is 10.5. The number of halogens is 2. The molecule has 0 aromatic carbocycles. The van der Waals surface area contributed by atoms with E-state index in [4.69, 9.17) is 11.6 Å². The fourth-order valence-corrected chi connectivity index (χ4v) is 1.87. The van der Waals surface area contributed by atoms with E-state index in [0.29, 0.717) is 16.8 Å². The molecule has 1 N–H and O–H groups in total. The third-order valence-corrected chi connectivity index (χ3v) is 3.12. The Morgan fingerprint density at radius 2 is 2.24 bits per heavy atom. The number of nitrogens with one attached hydrogen (secondary N) is 1. The molecule has 1 atom stereocenters. The van der Waals surface area contributed by atoms with Crippen LogP contribution in [0.3, 0.4) is 0 Å². The second-order valence-electron chi connectivity index (χ2n) is 4.28. The molecule has 0 aliphatic carbocycles. The maximum Gasteiger partial charge on any atom is 0.166 e. The van der Waals surface area contributed by atoms with Gasteiger partial charge in [0.25, 0.3) is 0 Å². The Morgan fingerprint density at radius 1 is 1.47 bits per heavy atom. The zero-order valence-corrected chi connectivity index (χ0v) is 11.2. The van der Waals surface area contributed by atoms with E-state index in [-0.39, 0.29) is 5.82 Å². The molecule has 4 heteroatoms. The molecule has 1 aromatic heterocycles. The fraction of sp³-hybridized carbons (Fsp3) is 0.615. The second kappa shape index (κ2) is 7.49. The molecule has 1 heterocycles. The smallest absolute Gasteiger partial charge is 0.166 e. The van der Waals surface area contributed by atoms with E-state index < -0.39 is 0 Å². The molecule has 96 valence electrons. The molecule has 0 spiro atoms. The molecule has 0 saturated carbocycles. The van der Waals surface area contributed by atoms with Gasteiger partial charge in [-0.3, -0.25) is 0 Å². The van der Waals surface area contributed by atoms with Crippen molar-refractivity contribution in [3.05, 3.63) is 23.1 Å². The van der Waals surface area contributed by atoms with Crippen molar-refractivity contribution in [3.8, 4) is 0 Å². The predicted molar refractivity (Wildman–Crippen MR) is 71.0 cm³/mol. The molecule has 1 aromatic rings. The van der Waals surface area contributed by atoms with Crippen LogP contribution in [0.4, 0.5) is 10.2 Å². The van der Waals surface area contributed by atoms with Crippen molar-refractivity contribution in [3.63, 3.8) is 0 Å². The molecule has 2 nitrogen and oxygen atoms in total. The van der Waals surface area contributed by atoms with Crippen LogP contribution in [-0.4, -0.2) is 11.5 Å². The first kappa shape index (κ1) is 14.2. The summed E-state index contributed by atoms with van der Waals surface area (Å²) >= 11 is 5.65. The molecular formula is C13H20ClFN2. The Labute approximate surface area is 108 Å². The molecule has 0 fully saturated rings. The summed E-state index contributed by atoms with van der Waals surface area (Å²) in [5.74, 6) is 0.485. The van der Waals surface area contributed by atoms with Crippen molar-refractivity contribution in [2.45, 2.75) is 39.5 Å². The number of hydrogen-bond acceptors (Lipinski definition) is 2. The highest BCUT2D eigenvalue weighted by molar-refractivity contribution is 6.30. The zero-order chi connectivity index (χ0) is 12.7. The Hall–Kier alpha value is -0.830. The Balaban J connectivity index is 2.47. The van der Waals surface area contributed by atoms with E-state index in [0.717, 1.165) is 13.0 Å². The SMILES string of the molecule is CCCCC(CC)CNc1ncc(Cl)cc1F. The maximum atomic E-state index is 13.4. The van der Waals surface area contributed by atoms with Crippen molar-refractivity contribution < 1.29 is 4.39 Å². The van der Waals surface area contributed by atoms with Gasteiger partial charge < -0.3 is 5.32 Å². The van der Waals surface area contributed by atoms with Crippen molar-refractivity contribution in [1.82, 2.24) is 4.98 Å². The number of nitrogens with zero attached hydrogens (tertiary/aromatic N) is 1. The summed E-state index contributed by atoms with van der Waals surface area (Å²) < 4.78 is 13.4. The van der Waals surface area contributed by atoms with Crippen molar-refractivity contribution >= 4 is 17.4 Å². The number of unbranched alkanes of at least 4 members (excludes halogenated alkanes) is 1. The number of anilines is 1. The van der Waals surface area contributed by atoms with Gasteiger partial charge in [-0.25, -0.2) is 9.37 Å². The van der Waals surface area contributed by atoms with Crippen LogP contribution in [-0.2, 0) is 0 Å². The minimum atomic E-state index is -0.386. The summed E-state index contributed by atoms with van der Waals surface area (Å²) in [6, 6.07) is 1.28. The highest BCUT2D eigenvalue weighted by Gasteiger charge is 2.08. The summed E-state index contributed by atoms with van der Waals surface area (Å²) in [6.07, 6.45) is 6.15. The highest BCUT2D eigenvalue weighted by Crippen LogP contribution is 2.18. The van der Waals surface area contributed by atoms with Crippen LogP contribution in [0, 0.1) is 11.7 Å². The second-order valence-corrected chi connectivity index (χ2v) is 4.72. The third-order valence-electron chi connectivity index (χ3n) is 2.91. The lowest BCUT2D eigenvalue weighted by Crippen LogP contribution is -2.15. The average Bonchev–Trinajstić information content (AvgIpc) is 2.31. The standard InChI is InChI=1S/C13H20ClFN2/c1-3-5-6-10(4-2)8-16-13-12(15)7-11(14)9-17-13/h7,9-10H,3-6,8H2,1-2H3,(H,16,17). The number of pyridine rings is 1. The fourth-order valence-electron chi connectivity index (χ4n) is 1.73. The molecule has 0 aliphatic heterocycles. The van der Waals surface area contributed by atoms with Gasteiger partial charge in [0.2, 0.25) is 0 Å². The lowest BCUT2D eigenvalue weighted by Gasteiger charge is -2.15. The van der Waals surface area contributed by atoms with E-state index in [1.165, 1.54) is 31.5 Å². The third kappa shape index (κ3) is 4.90. The quantitative estimate of drug-likeness (QED) is 0.779. The van der Waals surface area contributed by atoms with Gasteiger partial charge in [-0.2, -0.15) is 0 Å². The van der Waals surface area contributed by atoms with Crippen molar-refractivity contribution in [2.24, 2.45) is 5.92 Å². The lowest BCUT2D eigenvalue weighted by molar-refractivity contribution is 0.471. The van der Waals surface area contributed by atoms with Gasteiger partial charge in [0, 0.05) is 12.7 Å². The molecule has 1 unspecified atom stereocenters. The largest absolute Gasteiger partial charge is 0.367 e. The van der Waals surface area contributed by atoms with Gasteiger partial charge in [0.05, 0.1) is 5.02 Å². The Kier molecular flexibility index (Phi) is 6.27. The van der Waals surface area contributed by atoms with Crippen molar-refractivity contribution in [2.75, 3.05) is 11.9 Å². The van der Waals surface area contributed by atoms with Crippen LogP contribution in [0.25, 0.3) is 0 Å². The number of hydrogen-bond donors (Lipinski definition) is 1. The van der Waals surface area contributed by atoms with Crippen LogP contribution in [0.2, 0.25) is 5.02 Å². The summed E-state index contributed by atoms with van der Waals surface area (Å²) in [5, 5.41) is 3.38. The normalized spacial score (nSPS) is 12.5. The van der Waals surface area contributed by atoms with Gasteiger partial charge >= 0.3 is 0 Å². The van der Waals surface area contributed by atoms with Crippen LogP contribution < -0.4 is 5.32 Å². The van der Waals surface area contributed by atoms with Crippen LogP contribution in [0.15, 0.2) is 12.3 Å². The topological polar surface area (TPSA) is 24.9 Å². The first-order valence-electron chi connectivity index (χ1n) is 6.22. The van der Waals surface area contributed by atoms with Crippen LogP contribution in [0.1, 0.15) is 39.5 Å². The van der Waals surface area contributed by atoms with Crippen molar-refractivity contribution in [1.29, 1.82) is 0 Å². The number of aromatic nitrogens is 1. The summed E-state index contributed by atoms with van der Waals surface area (Å²) in [4.78, 5) is 3.95.